The van der Waals surface area contributed by atoms with E-state index in [9.17, 15) is 9.59 Å². The number of halogens is 1. The van der Waals surface area contributed by atoms with Crippen molar-refractivity contribution in [3.8, 4) is 0 Å². The van der Waals surface area contributed by atoms with E-state index in [1.165, 1.54) is 6.07 Å². The maximum absolute atomic E-state index is 12.3. The number of esters is 1. The molecule has 2 rings (SSSR count). The number of ether oxygens (including phenoxy) is 1. The van der Waals surface area contributed by atoms with Crippen molar-refractivity contribution in [3.63, 3.8) is 0 Å². The first-order valence-electron chi connectivity index (χ1n) is 7.47. The molecule has 0 bridgehead atoms. The molecule has 1 aliphatic rings. The van der Waals surface area contributed by atoms with E-state index in [1.807, 2.05) is 7.05 Å². The Kier molecular flexibility index (Phi) is 5.80. The van der Waals surface area contributed by atoms with Gasteiger partial charge in [-0.3, -0.25) is 4.79 Å². The summed E-state index contributed by atoms with van der Waals surface area (Å²) < 4.78 is 4.92. The van der Waals surface area contributed by atoms with Crippen molar-refractivity contribution in [2.75, 3.05) is 32.1 Å². The zero-order valence-electron chi connectivity index (χ0n) is 12.9. The van der Waals surface area contributed by atoms with Crippen LogP contribution in [0.15, 0.2) is 18.2 Å². The number of hydrogen-bond donors (Lipinski definition) is 1. The molecule has 0 radical (unpaired) electrons. The zero-order chi connectivity index (χ0) is 16.1. The molecule has 1 atom stereocenters. The molecule has 0 unspecified atom stereocenters. The van der Waals surface area contributed by atoms with Gasteiger partial charge < -0.3 is 15.0 Å². The Hall–Kier alpha value is -1.59. The number of carbonyl (C=O) groups excluding carboxylic acids is 2. The minimum atomic E-state index is -0.420. The minimum absolute atomic E-state index is 0.0282. The van der Waals surface area contributed by atoms with Crippen LogP contribution in [0.2, 0.25) is 5.02 Å². The van der Waals surface area contributed by atoms with Gasteiger partial charge in [-0.2, -0.15) is 0 Å². The summed E-state index contributed by atoms with van der Waals surface area (Å²) in [6, 6.07) is 4.76. The van der Waals surface area contributed by atoms with Crippen LogP contribution in [-0.4, -0.2) is 43.5 Å². The van der Waals surface area contributed by atoms with E-state index >= 15 is 0 Å². The van der Waals surface area contributed by atoms with Crippen LogP contribution in [0.4, 0.5) is 5.69 Å². The number of anilines is 1. The molecule has 1 aromatic rings. The van der Waals surface area contributed by atoms with E-state index in [0.29, 0.717) is 22.9 Å². The van der Waals surface area contributed by atoms with Gasteiger partial charge in [0.1, 0.15) is 0 Å². The second kappa shape index (κ2) is 7.61. The fourth-order valence-corrected chi connectivity index (χ4v) is 2.80. The standard InChI is InChI=1S/C16H21ClN2O3/c1-3-22-16(21)11-6-7-14(13(17)9-11)18-15(20)12-5-4-8-19(2)10-12/h6-7,9,12H,3-5,8,10H2,1-2H3,(H,18,20)/t12-/m1/s1. The predicted molar refractivity (Wildman–Crippen MR) is 86.3 cm³/mol. The molecular formula is C16H21ClN2O3. The van der Waals surface area contributed by atoms with Crippen molar-refractivity contribution in [3.05, 3.63) is 28.8 Å². The van der Waals surface area contributed by atoms with Crippen molar-refractivity contribution in [1.29, 1.82) is 0 Å². The molecule has 1 N–H and O–H groups in total. The zero-order valence-corrected chi connectivity index (χ0v) is 13.7. The van der Waals surface area contributed by atoms with Crippen molar-refractivity contribution in [2.45, 2.75) is 19.8 Å². The second-order valence-corrected chi connectivity index (χ2v) is 5.91. The molecule has 0 saturated carbocycles. The maximum atomic E-state index is 12.3. The first-order chi connectivity index (χ1) is 10.5. The molecule has 1 aliphatic heterocycles. The summed E-state index contributed by atoms with van der Waals surface area (Å²) in [5, 5.41) is 3.19. The molecular weight excluding hydrogens is 304 g/mol. The Labute approximate surface area is 135 Å². The minimum Gasteiger partial charge on any atom is -0.462 e. The molecule has 0 aliphatic carbocycles. The number of benzene rings is 1. The lowest BCUT2D eigenvalue weighted by Gasteiger charge is -2.28. The Morgan fingerprint density at radius 3 is 2.86 bits per heavy atom. The molecule has 22 heavy (non-hydrogen) atoms. The molecule has 1 heterocycles. The van der Waals surface area contributed by atoms with Gasteiger partial charge in [0.25, 0.3) is 0 Å². The van der Waals surface area contributed by atoms with Crippen molar-refractivity contribution in [1.82, 2.24) is 4.90 Å². The smallest absolute Gasteiger partial charge is 0.338 e. The van der Waals surface area contributed by atoms with Gasteiger partial charge in [0.2, 0.25) is 5.91 Å². The van der Waals surface area contributed by atoms with Crippen molar-refractivity contribution >= 4 is 29.2 Å². The van der Waals surface area contributed by atoms with E-state index in [-0.39, 0.29) is 11.8 Å². The van der Waals surface area contributed by atoms with Crippen LogP contribution in [-0.2, 0) is 9.53 Å². The highest BCUT2D eigenvalue weighted by Gasteiger charge is 2.24. The van der Waals surface area contributed by atoms with E-state index in [0.717, 1.165) is 25.9 Å². The van der Waals surface area contributed by atoms with E-state index < -0.39 is 5.97 Å². The Morgan fingerprint density at radius 2 is 2.23 bits per heavy atom. The van der Waals surface area contributed by atoms with Crippen LogP contribution < -0.4 is 5.32 Å². The number of carbonyl (C=O) groups is 2. The number of amides is 1. The van der Waals surface area contributed by atoms with Crippen LogP contribution in [0, 0.1) is 5.92 Å². The van der Waals surface area contributed by atoms with Gasteiger partial charge in [0.05, 0.1) is 28.8 Å². The van der Waals surface area contributed by atoms with Crippen LogP contribution in [0.25, 0.3) is 0 Å². The molecule has 1 aromatic carbocycles. The fraction of sp³-hybridized carbons (Fsp3) is 0.500. The molecule has 1 fully saturated rings. The van der Waals surface area contributed by atoms with Crippen LogP contribution in [0.5, 0.6) is 0 Å². The first-order valence-corrected chi connectivity index (χ1v) is 7.85. The average molecular weight is 325 g/mol. The molecule has 6 heteroatoms. The summed E-state index contributed by atoms with van der Waals surface area (Å²) in [7, 11) is 2.01. The highest BCUT2D eigenvalue weighted by Crippen LogP contribution is 2.25. The quantitative estimate of drug-likeness (QED) is 0.865. The van der Waals surface area contributed by atoms with Crippen LogP contribution in [0.3, 0.4) is 0 Å². The molecule has 0 aromatic heterocycles. The number of piperidine rings is 1. The summed E-state index contributed by atoms with van der Waals surface area (Å²) >= 11 is 6.15. The van der Waals surface area contributed by atoms with Crippen molar-refractivity contribution < 1.29 is 14.3 Å². The third-order valence-electron chi connectivity index (χ3n) is 3.73. The van der Waals surface area contributed by atoms with Crippen molar-refractivity contribution in [2.24, 2.45) is 5.92 Å². The van der Waals surface area contributed by atoms with E-state index in [4.69, 9.17) is 16.3 Å². The maximum Gasteiger partial charge on any atom is 0.338 e. The van der Waals surface area contributed by atoms with Gasteiger partial charge in [-0.15, -0.1) is 0 Å². The average Bonchev–Trinajstić information content (AvgIpc) is 2.49. The normalized spacial score (nSPS) is 18.8. The van der Waals surface area contributed by atoms with Gasteiger partial charge in [-0.1, -0.05) is 11.6 Å². The Balaban J connectivity index is 2.03. The monoisotopic (exact) mass is 324 g/mol. The molecule has 0 spiro atoms. The fourth-order valence-electron chi connectivity index (χ4n) is 2.57. The lowest BCUT2D eigenvalue weighted by atomic mass is 9.97. The van der Waals surface area contributed by atoms with E-state index in [2.05, 4.69) is 10.2 Å². The lowest BCUT2D eigenvalue weighted by Crippen LogP contribution is -2.38. The van der Waals surface area contributed by atoms with Crippen LogP contribution in [0.1, 0.15) is 30.1 Å². The highest BCUT2D eigenvalue weighted by atomic mass is 35.5. The molecule has 5 nitrogen and oxygen atoms in total. The van der Waals surface area contributed by atoms with E-state index in [1.54, 1.807) is 19.1 Å². The first kappa shape index (κ1) is 16.8. The second-order valence-electron chi connectivity index (χ2n) is 5.51. The third-order valence-corrected chi connectivity index (χ3v) is 4.05. The van der Waals surface area contributed by atoms with Gasteiger partial charge in [-0.25, -0.2) is 4.79 Å². The number of nitrogens with zero attached hydrogens (tertiary/aromatic N) is 1. The summed E-state index contributed by atoms with van der Waals surface area (Å²) in [6.45, 7) is 3.84. The summed E-state index contributed by atoms with van der Waals surface area (Å²) in [5.74, 6) is -0.479. The summed E-state index contributed by atoms with van der Waals surface area (Å²) in [6.07, 6.45) is 1.90. The van der Waals surface area contributed by atoms with Gasteiger partial charge in [0, 0.05) is 6.54 Å². The molecule has 1 amide bonds. The number of rotatable bonds is 4. The summed E-state index contributed by atoms with van der Waals surface area (Å²) in [4.78, 5) is 26.1. The predicted octanol–water partition coefficient (Wildman–Crippen LogP) is 2.80. The Morgan fingerprint density at radius 1 is 1.45 bits per heavy atom. The van der Waals surface area contributed by atoms with Gasteiger partial charge in [0.15, 0.2) is 0 Å². The third kappa shape index (κ3) is 4.21. The number of nitrogens with one attached hydrogen (secondary N) is 1. The number of likely N-dealkylation sites (tertiary alicyclic amines) is 1. The SMILES string of the molecule is CCOC(=O)c1ccc(NC(=O)[C@@H]2CCCN(C)C2)c(Cl)c1. The molecule has 1 saturated heterocycles. The lowest BCUT2D eigenvalue weighted by molar-refractivity contribution is -0.121. The highest BCUT2D eigenvalue weighted by molar-refractivity contribution is 6.34. The molecule has 120 valence electrons. The van der Waals surface area contributed by atoms with Gasteiger partial charge >= 0.3 is 5.97 Å². The van der Waals surface area contributed by atoms with Crippen LogP contribution >= 0.6 is 11.6 Å². The Bertz CT molecular complexity index is 562. The summed E-state index contributed by atoms with van der Waals surface area (Å²) in [5.41, 5.74) is 0.898. The topological polar surface area (TPSA) is 58.6 Å². The van der Waals surface area contributed by atoms with Gasteiger partial charge in [-0.05, 0) is 51.6 Å². The largest absolute Gasteiger partial charge is 0.462 e. The number of hydrogen-bond acceptors (Lipinski definition) is 4.